The molecule has 2 amide bonds. The van der Waals surface area contributed by atoms with Crippen LogP contribution in [0.2, 0.25) is 5.02 Å². The molecule has 1 saturated heterocycles. The average Bonchev–Trinajstić information content (AvgIpc) is 3.38. The smallest absolute Gasteiger partial charge is 0.261 e. The molecule has 2 aliphatic rings. The van der Waals surface area contributed by atoms with Gasteiger partial charge in [0, 0.05) is 55.2 Å². The molecule has 2 aromatic carbocycles. The van der Waals surface area contributed by atoms with Crippen LogP contribution < -0.4 is 4.90 Å². The van der Waals surface area contributed by atoms with Gasteiger partial charge in [-0.25, -0.2) is 4.98 Å². The summed E-state index contributed by atoms with van der Waals surface area (Å²) in [5.74, 6) is -0.367. The van der Waals surface area contributed by atoms with E-state index >= 15 is 0 Å². The molecule has 3 aromatic rings. The number of fused-ring (bicyclic) bond motifs is 1. The maximum atomic E-state index is 12.5. The first kappa shape index (κ1) is 20.2. The third-order valence-corrected chi connectivity index (χ3v) is 6.95. The van der Waals surface area contributed by atoms with E-state index in [2.05, 4.69) is 15.2 Å². The van der Waals surface area contributed by atoms with Gasteiger partial charge in [0.15, 0.2) is 5.13 Å². The number of hydrogen-bond acceptors (Lipinski definition) is 6. The summed E-state index contributed by atoms with van der Waals surface area (Å²) in [6, 6.07) is 14.8. The summed E-state index contributed by atoms with van der Waals surface area (Å²) >= 11 is 7.62. The predicted octanol–water partition coefficient (Wildman–Crippen LogP) is 3.88. The number of carbonyl (C=O) groups excluding carboxylic acids is 2. The highest BCUT2D eigenvalue weighted by Crippen LogP contribution is 2.29. The Morgan fingerprint density at radius 3 is 2.16 bits per heavy atom. The Labute approximate surface area is 189 Å². The fourth-order valence-corrected chi connectivity index (χ4v) is 5.02. The highest BCUT2D eigenvalue weighted by Gasteiger charge is 2.35. The molecular weight excluding hydrogens is 432 g/mol. The highest BCUT2D eigenvalue weighted by atomic mass is 35.5. The van der Waals surface area contributed by atoms with Crippen molar-refractivity contribution in [1.29, 1.82) is 0 Å². The van der Waals surface area contributed by atoms with Crippen LogP contribution in [-0.4, -0.2) is 65.9 Å². The van der Waals surface area contributed by atoms with Crippen LogP contribution in [0.5, 0.6) is 0 Å². The van der Waals surface area contributed by atoms with Gasteiger partial charge in [-0.2, -0.15) is 0 Å². The number of piperazine rings is 1. The van der Waals surface area contributed by atoms with Crippen molar-refractivity contribution in [3.05, 3.63) is 70.1 Å². The molecule has 0 radical (unpaired) electrons. The van der Waals surface area contributed by atoms with E-state index in [-0.39, 0.29) is 11.8 Å². The van der Waals surface area contributed by atoms with Gasteiger partial charge in [-0.1, -0.05) is 35.9 Å². The molecule has 0 saturated carbocycles. The van der Waals surface area contributed by atoms with Gasteiger partial charge >= 0.3 is 0 Å². The van der Waals surface area contributed by atoms with Crippen molar-refractivity contribution in [1.82, 2.24) is 14.8 Å². The fourth-order valence-electron chi connectivity index (χ4n) is 4.01. The molecule has 6 nitrogen and oxygen atoms in total. The summed E-state index contributed by atoms with van der Waals surface area (Å²) in [4.78, 5) is 35.8. The number of hydrogen-bond donors (Lipinski definition) is 0. The zero-order valence-corrected chi connectivity index (χ0v) is 18.4. The standard InChI is InChI=1S/C23H21ClN4O2S/c24-17-7-5-16(6-8-17)20-15-31-23(25-20)27-12-9-26(10-13-27)11-14-28-21(29)18-3-1-2-4-19(18)22(28)30/h1-8,15H,9-14H2. The van der Waals surface area contributed by atoms with Crippen molar-refractivity contribution in [3.8, 4) is 11.3 Å². The van der Waals surface area contributed by atoms with Crippen LogP contribution in [0, 0.1) is 0 Å². The number of carbonyl (C=O) groups is 2. The molecule has 31 heavy (non-hydrogen) atoms. The topological polar surface area (TPSA) is 56.8 Å². The maximum absolute atomic E-state index is 12.5. The minimum absolute atomic E-state index is 0.184. The fraction of sp³-hybridized carbons (Fsp3) is 0.261. The quantitative estimate of drug-likeness (QED) is 0.550. The Kier molecular flexibility index (Phi) is 5.48. The number of imide groups is 1. The lowest BCUT2D eigenvalue weighted by atomic mass is 10.1. The van der Waals surface area contributed by atoms with E-state index in [1.54, 1.807) is 35.6 Å². The van der Waals surface area contributed by atoms with Crippen LogP contribution in [0.15, 0.2) is 53.9 Å². The van der Waals surface area contributed by atoms with E-state index in [1.807, 2.05) is 24.3 Å². The van der Waals surface area contributed by atoms with Crippen molar-refractivity contribution in [3.63, 3.8) is 0 Å². The van der Waals surface area contributed by atoms with Crippen LogP contribution >= 0.6 is 22.9 Å². The third kappa shape index (κ3) is 3.96. The molecule has 5 rings (SSSR count). The SMILES string of the molecule is O=C1c2ccccc2C(=O)N1CCN1CCN(c2nc(-c3ccc(Cl)cc3)cs2)CC1. The minimum Gasteiger partial charge on any atom is -0.346 e. The molecule has 158 valence electrons. The van der Waals surface area contributed by atoms with Crippen LogP contribution in [0.4, 0.5) is 5.13 Å². The Morgan fingerprint density at radius 1 is 0.871 bits per heavy atom. The molecule has 0 unspecified atom stereocenters. The normalized spacial score (nSPS) is 16.8. The second-order valence-electron chi connectivity index (χ2n) is 7.66. The third-order valence-electron chi connectivity index (χ3n) is 5.79. The molecule has 0 aliphatic carbocycles. The van der Waals surface area contributed by atoms with Crippen molar-refractivity contribution in [2.45, 2.75) is 0 Å². The number of nitrogens with zero attached hydrogens (tertiary/aromatic N) is 4. The van der Waals surface area contributed by atoms with E-state index in [1.165, 1.54) is 4.90 Å². The van der Waals surface area contributed by atoms with Gasteiger partial charge in [0.2, 0.25) is 0 Å². The van der Waals surface area contributed by atoms with Crippen molar-refractivity contribution < 1.29 is 9.59 Å². The number of rotatable bonds is 5. The second-order valence-corrected chi connectivity index (χ2v) is 8.93. The minimum atomic E-state index is -0.184. The summed E-state index contributed by atoms with van der Waals surface area (Å²) < 4.78 is 0. The van der Waals surface area contributed by atoms with Crippen LogP contribution in [-0.2, 0) is 0 Å². The van der Waals surface area contributed by atoms with E-state index in [9.17, 15) is 9.59 Å². The van der Waals surface area contributed by atoms with Crippen LogP contribution in [0.1, 0.15) is 20.7 Å². The first-order valence-corrected chi connectivity index (χ1v) is 11.5. The van der Waals surface area contributed by atoms with Gasteiger partial charge in [-0.3, -0.25) is 19.4 Å². The first-order valence-electron chi connectivity index (χ1n) is 10.2. The molecule has 0 atom stereocenters. The zero-order chi connectivity index (χ0) is 21.4. The Morgan fingerprint density at radius 2 is 1.52 bits per heavy atom. The molecule has 8 heteroatoms. The number of benzene rings is 2. The predicted molar refractivity (Wildman–Crippen MR) is 123 cm³/mol. The second kappa shape index (κ2) is 8.42. The summed E-state index contributed by atoms with van der Waals surface area (Å²) in [5, 5.41) is 3.81. The maximum Gasteiger partial charge on any atom is 0.261 e. The zero-order valence-electron chi connectivity index (χ0n) is 16.8. The number of aromatic nitrogens is 1. The first-order chi connectivity index (χ1) is 15.1. The van der Waals surface area contributed by atoms with Crippen molar-refractivity contribution in [2.24, 2.45) is 0 Å². The molecule has 0 spiro atoms. The van der Waals surface area contributed by atoms with E-state index in [0.717, 1.165) is 47.6 Å². The molecule has 3 heterocycles. The Hall–Kier alpha value is -2.74. The highest BCUT2D eigenvalue weighted by molar-refractivity contribution is 7.14. The van der Waals surface area contributed by atoms with E-state index in [4.69, 9.17) is 16.6 Å². The van der Waals surface area contributed by atoms with Gasteiger partial charge in [0.1, 0.15) is 0 Å². The van der Waals surface area contributed by atoms with Crippen LogP contribution in [0.3, 0.4) is 0 Å². The van der Waals surface area contributed by atoms with Gasteiger partial charge in [-0.05, 0) is 24.3 Å². The Balaban J connectivity index is 1.15. The summed E-state index contributed by atoms with van der Waals surface area (Å²) in [6.45, 7) is 4.60. The largest absolute Gasteiger partial charge is 0.346 e. The van der Waals surface area contributed by atoms with E-state index in [0.29, 0.717) is 24.2 Å². The van der Waals surface area contributed by atoms with Gasteiger partial charge < -0.3 is 4.90 Å². The van der Waals surface area contributed by atoms with E-state index < -0.39 is 0 Å². The molecule has 2 aliphatic heterocycles. The summed E-state index contributed by atoms with van der Waals surface area (Å²) in [5.41, 5.74) is 3.05. The van der Waals surface area contributed by atoms with Crippen molar-refractivity contribution >= 4 is 39.9 Å². The monoisotopic (exact) mass is 452 g/mol. The van der Waals surface area contributed by atoms with Crippen molar-refractivity contribution in [2.75, 3.05) is 44.2 Å². The molecule has 1 fully saturated rings. The van der Waals surface area contributed by atoms with Gasteiger partial charge in [0.25, 0.3) is 11.8 Å². The average molecular weight is 453 g/mol. The van der Waals surface area contributed by atoms with Gasteiger partial charge in [0.05, 0.1) is 16.8 Å². The lowest BCUT2D eigenvalue weighted by molar-refractivity contribution is 0.0635. The van der Waals surface area contributed by atoms with Gasteiger partial charge in [-0.15, -0.1) is 11.3 Å². The molecular formula is C23H21ClN4O2S. The summed E-state index contributed by atoms with van der Waals surface area (Å²) in [6.07, 6.45) is 0. The molecule has 0 bridgehead atoms. The Bertz CT molecular complexity index is 1090. The number of amides is 2. The number of thiazole rings is 1. The summed E-state index contributed by atoms with van der Waals surface area (Å²) in [7, 11) is 0. The number of anilines is 1. The lowest BCUT2D eigenvalue weighted by Crippen LogP contribution is -2.49. The molecule has 1 aromatic heterocycles. The lowest BCUT2D eigenvalue weighted by Gasteiger charge is -2.35. The number of halogens is 1. The van der Waals surface area contributed by atoms with Crippen LogP contribution in [0.25, 0.3) is 11.3 Å². The molecule has 0 N–H and O–H groups in total.